The van der Waals surface area contributed by atoms with E-state index in [0.717, 1.165) is 18.5 Å². The molecule has 2 rings (SSSR count). The highest BCUT2D eigenvalue weighted by Gasteiger charge is 2.29. The molecule has 1 fully saturated rings. The Balaban J connectivity index is 2.28. The molecule has 5 nitrogen and oxygen atoms in total. The molecule has 0 spiro atoms. The third kappa shape index (κ3) is 3.17. The van der Waals surface area contributed by atoms with E-state index < -0.39 is 9.84 Å². The summed E-state index contributed by atoms with van der Waals surface area (Å²) in [6.07, 6.45) is 5.22. The molecule has 2 atom stereocenters. The van der Waals surface area contributed by atoms with Crippen LogP contribution in [-0.4, -0.2) is 36.0 Å². The second-order valence-electron chi connectivity index (χ2n) is 5.72. The fraction of sp³-hybridized carbons (Fsp3) is 0.769. The van der Waals surface area contributed by atoms with Gasteiger partial charge in [-0.05, 0) is 18.8 Å². The van der Waals surface area contributed by atoms with Crippen LogP contribution in [0.3, 0.4) is 0 Å². The van der Waals surface area contributed by atoms with Gasteiger partial charge in [0.2, 0.25) is 0 Å². The molecule has 2 N–H and O–H groups in total. The summed E-state index contributed by atoms with van der Waals surface area (Å²) in [4.78, 5) is 4.21. The monoisotopic (exact) mass is 285 g/mol. The Bertz CT molecular complexity index is 522. The van der Waals surface area contributed by atoms with Gasteiger partial charge in [0.1, 0.15) is 0 Å². The van der Waals surface area contributed by atoms with Crippen molar-refractivity contribution in [3.8, 4) is 0 Å². The third-order valence-electron chi connectivity index (χ3n) is 3.97. The number of aromatic nitrogens is 2. The highest BCUT2D eigenvalue weighted by Crippen LogP contribution is 2.29. The van der Waals surface area contributed by atoms with E-state index in [9.17, 15) is 8.42 Å². The zero-order chi connectivity index (χ0) is 14.0. The predicted octanol–water partition coefficient (Wildman–Crippen LogP) is 1.33. The molecule has 1 aromatic rings. The minimum Gasteiger partial charge on any atom is -0.330 e. The maximum absolute atomic E-state index is 11.8. The molecule has 0 bridgehead atoms. The fourth-order valence-electron chi connectivity index (χ4n) is 2.86. The summed E-state index contributed by atoms with van der Waals surface area (Å²) in [6.45, 7) is 4.82. The molecule has 2 unspecified atom stereocenters. The zero-order valence-electron chi connectivity index (χ0n) is 11.6. The molecule has 2 heterocycles. The first-order valence-corrected chi connectivity index (χ1v) is 8.69. The summed E-state index contributed by atoms with van der Waals surface area (Å²) in [5, 5.41) is 0. The van der Waals surface area contributed by atoms with Gasteiger partial charge in [0.25, 0.3) is 0 Å². The quantitative estimate of drug-likeness (QED) is 0.905. The lowest BCUT2D eigenvalue weighted by Crippen LogP contribution is -2.30. The number of hydrogen-bond acceptors (Lipinski definition) is 4. The fourth-order valence-corrected chi connectivity index (χ4v) is 4.55. The third-order valence-corrected chi connectivity index (χ3v) is 5.77. The van der Waals surface area contributed by atoms with E-state index >= 15 is 0 Å². The molecule has 1 aromatic heterocycles. The molecular weight excluding hydrogens is 262 g/mol. The highest BCUT2D eigenvalue weighted by molar-refractivity contribution is 7.91. The summed E-state index contributed by atoms with van der Waals surface area (Å²) < 4.78 is 25.6. The van der Waals surface area contributed by atoms with E-state index in [1.807, 2.05) is 10.8 Å². The van der Waals surface area contributed by atoms with E-state index in [2.05, 4.69) is 18.8 Å². The lowest BCUT2D eigenvalue weighted by Gasteiger charge is -2.28. The first-order chi connectivity index (χ1) is 8.94. The minimum atomic E-state index is -2.91. The zero-order valence-corrected chi connectivity index (χ0v) is 12.4. The molecule has 1 aliphatic heterocycles. The SMILES string of the molecule is CC(C)C(CN)c1cncn1C1CCCS(=O)(=O)C1. The van der Waals surface area contributed by atoms with Gasteiger partial charge in [0.05, 0.1) is 17.8 Å². The smallest absolute Gasteiger partial charge is 0.152 e. The second kappa shape index (κ2) is 5.63. The molecule has 0 radical (unpaired) electrons. The number of sulfone groups is 1. The van der Waals surface area contributed by atoms with Crippen molar-refractivity contribution in [3.63, 3.8) is 0 Å². The van der Waals surface area contributed by atoms with Crippen LogP contribution in [0, 0.1) is 5.92 Å². The number of nitrogens with zero attached hydrogens (tertiary/aromatic N) is 2. The number of nitrogens with two attached hydrogens (primary N) is 1. The van der Waals surface area contributed by atoms with Gasteiger partial charge in [0.15, 0.2) is 9.84 Å². The Morgan fingerprint density at radius 1 is 1.53 bits per heavy atom. The Kier molecular flexibility index (Phi) is 4.30. The Hall–Kier alpha value is -0.880. The van der Waals surface area contributed by atoms with Crippen molar-refractivity contribution in [1.82, 2.24) is 9.55 Å². The average molecular weight is 285 g/mol. The summed E-state index contributed by atoms with van der Waals surface area (Å²) >= 11 is 0. The summed E-state index contributed by atoms with van der Waals surface area (Å²) in [5.41, 5.74) is 6.93. The Labute approximate surface area is 115 Å². The summed E-state index contributed by atoms with van der Waals surface area (Å²) in [5.74, 6) is 1.19. The largest absolute Gasteiger partial charge is 0.330 e. The number of rotatable bonds is 4. The number of hydrogen-bond donors (Lipinski definition) is 1. The van der Waals surface area contributed by atoms with Crippen molar-refractivity contribution < 1.29 is 8.42 Å². The molecular formula is C13H23N3O2S. The lowest BCUT2D eigenvalue weighted by atomic mass is 9.92. The maximum atomic E-state index is 11.8. The maximum Gasteiger partial charge on any atom is 0.152 e. The van der Waals surface area contributed by atoms with Crippen molar-refractivity contribution in [2.75, 3.05) is 18.1 Å². The van der Waals surface area contributed by atoms with Crippen LogP contribution < -0.4 is 5.73 Å². The van der Waals surface area contributed by atoms with Gasteiger partial charge in [0, 0.05) is 30.4 Å². The van der Waals surface area contributed by atoms with E-state index in [-0.39, 0.29) is 17.7 Å². The van der Waals surface area contributed by atoms with E-state index in [0.29, 0.717) is 18.2 Å². The Morgan fingerprint density at radius 2 is 2.26 bits per heavy atom. The molecule has 6 heteroatoms. The summed E-state index contributed by atoms with van der Waals surface area (Å²) in [7, 11) is -2.91. The van der Waals surface area contributed by atoms with Gasteiger partial charge in [-0.2, -0.15) is 0 Å². The minimum absolute atomic E-state index is 0.0176. The van der Waals surface area contributed by atoms with Crippen molar-refractivity contribution >= 4 is 9.84 Å². The molecule has 19 heavy (non-hydrogen) atoms. The summed E-state index contributed by atoms with van der Waals surface area (Å²) in [6, 6.07) is 0.0176. The molecule has 0 saturated carbocycles. The van der Waals surface area contributed by atoms with Crippen LogP contribution in [0.15, 0.2) is 12.5 Å². The van der Waals surface area contributed by atoms with Crippen LogP contribution in [0.4, 0.5) is 0 Å². The molecule has 1 saturated heterocycles. The average Bonchev–Trinajstić information content (AvgIpc) is 2.77. The highest BCUT2D eigenvalue weighted by atomic mass is 32.2. The van der Waals surface area contributed by atoms with Gasteiger partial charge >= 0.3 is 0 Å². The molecule has 0 aliphatic carbocycles. The van der Waals surface area contributed by atoms with Crippen molar-refractivity contribution in [2.45, 2.75) is 38.6 Å². The normalized spacial score (nSPS) is 24.5. The molecule has 108 valence electrons. The predicted molar refractivity (Wildman–Crippen MR) is 75.8 cm³/mol. The van der Waals surface area contributed by atoms with Gasteiger partial charge in [-0.15, -0.1) is 0 Å². The van der Waals surface area contributed by atoms with Crippen LogP contribution in [0.5, 0.6) is 0 Å². The first kappa shape index (κ1) is 14.5. The number of imidazole rings is 1. The van der Waals surface area contributed by atoms with Gasteiger partial charge in [-0.1, -0.05) is 13.8 Å². The first-order valence-electron chi connectivity index (χ1n) is 6.87. The van der Waals surface area contributed by atoms with Gasteiger partial charge < -0.3 is 10.3 Å². The van der Waals surface area contributed by atoms with Crippen LogP contribution >= 0.6 is 0 Å². The molecule has 0 aromatic carbocycles. The second-order valence-corrected chi connectivity index (χ2v) is 7.95. The van der Waals surface area contributed by atoms with E-state index in [1.165, 1.54) is 0 Å². The van der Waals surface area contributed by atoms with Crippen molar-refractivity contribution in [3.05, 3.63) is 18.2 Å². The van der Waals surface area contributed by atoms with Crippen LogP contribution in [0.1, 0.15) is 44.3 Å². The Morgan fingerprint density at radius 3 is 2.84 bits per heavy atom. The molecule has 1 aliphatic rings. The van der Waals surface area contributed by atoms with Crippen LogP contribution in [-0.2, 0) is 9.84 Å². The van der Waals surface area contributed by atoms with Crippen LogP contribution in [0.25, 0.3) is 0 Å². The lowest BCUT2D eigenvalue weighted by molar-refractivity contribution is 0.419. The topological polar surface area (TPSA) is 78.0 Å². The van der Waals surface area contributed by atoms with E-state index in [4.69, 9.17) is 5.73 Å². The van der Waals surface area contributed by atoms with Gasteiger partial charge in [-0.3, -0.25) is 0 Å². The van der Waals surface area contributed by atoms with Crippen molar-refractivity contribution in [1.29, 1.82) is 0 Å². The van der Waals surface area contributed by atoms with E-state index in [1.54, 1.807) is 6.33 Å². The standard InChI is InChI=1S/C13H23N3O2S/c1-10(2)12(6-14)13-7-15-9-16(13)11-4-3-5-19(17,18)8-11/h7,9-12H,3-6,8,14H2,1-2H3. The van der Waals surface area contributed by atoms with Crippen molar-refractivity contribution in [2.24, 2.45) is 11.7 Å². The van der Waals surface area contributed by atoms with Crippen LogP contribution in [0.2, 0.25) is 0 Å². The van der Waals surface area contributed by atoms with Gasteiger partial charge in [-0.25, -0.2) is 13.4 Å². The molecule has 0 amide bonds.